The van der Waals surface area contributed by atoms with Crippen molar-refractivity contribution in [2.24, 2.45) is 0 Å². The average Bonchev–Trinajstić information content (AvgIpc) is 3.15. The van der Waals surface area contributed by atoms with E-state index in [0.29, 0.717) is 22.2 Å². The van der Waals surface area contributed by atoms with Gasteiger partial charge >= 0.3 is 0 Å². The van der Waals surface area contributed by atoms with Crippen LogP contribution in [-0.4, -0.2) is 18.4 Å². The van der Waals surface area contributed by atoms with Crippen molar-refractivity contribution in [2.45, 2.75) is 13.5 Å². The minimum absolute atomic E-state index is 0.109. The molecule has 0 radical (unpaired) electrons. The van der Waals surface area contributed by atoms with E-state index >= 15 is 0 Å². The molecule has 3 aromatic rings. The molecule has 0 spiro atoms. The number of hydrogen-bond donors (Lipinski definition) is 2. The van der Waals surface area contributed by atoms with E-state index in [1.165, 1.54) is 6.07 Å². The first kappa shape index (κ1) is 19.5. The summed E-state index contributed by atoms with van der Waals surface area (Å²) < 4.78 is 11.0. The summed E-state index contributed by atoms with van der Waals surface area (Å²) in [5, 5.41) is 5.87. The topological polar surface area (TPSA) is 80.6 Å². The van der Waals surface area contributed by atoms with Crippen molar-refractivity contribution in [3.63, 3.8) is 0 Å². The zero-order chi connectivity index (χ0) is 19.9. The van der Waals surface area contributed by atoms with Crippen molar-refractivity contribution in [1.29, 1.82) is 0 Å². The molecule has 28 heavy (non-hydrogen) atoms. The first-order valence-corrected chi connectivity index (χ1v) is 8.99. The molecular formula is C21H19ClN2O4. The summed E-state index contributed by atoms with van der Waals surface area (Å²) in [7, 11) is 0. The number of nitrogens with one attached hydrogen (secondary N) is 2. The third-order valence-corrected chi connectivity index (χ3v) is 4.04. The zero-order valence-electron chi connectivity index (χ0n) is 15.2. The lowest BCUT2D eigenvalue weighted by molar-refractivity contribution is -0.115. The Morgan fingerprint density at radius 1 is 1.07 bits per heavy atom. The van der Waals surface area contributed by atoms with Gasteiger partial charge in [-0.3, -0.25) is 9.59 Å². The van der Waals surface area contributed by atoms with Crippen LogP contribution in [0.4, 0.5) is 5.69 Å². The van der Waals surface area contributed by atoms with E-state index in [9.17, 15) is 9.59 Å². The Labute approximate surface area is 167 Å². The number of benzene rings is 2. The molecule has 0 atom stereocenters. The summed E-state index contributed by atoms with van der Waals surface area (Å²) in [4.78, 5) is 24.1. The fourth-order valence-corrected chi connectivity index (χ4v) is 2.56. The number of amides is 2. The highest BCUT2D eigenvalue weighted by Crippen LogP contribution is 2.17. The summed E-state index contributed by atoms with van der Waals surface area (Å²) in [6.45, 7) is 1.94. The van der Waals surface area contributed by atoms with Crippen LogP contribution >= 0.6 is 11.6 Å². The monoisotopic (exact) mass is 398 g/mol. The quantitative estimate of drug-likeness (QED) is 0.625. The van der Waals surface area contributed by atoms with Crippen LogP contribution in [0.3, 0.4) is 0 Å². The molecule has 1 heterocycles. The standard InChI is InChI=1S/C21H19ClN2O4/c1-14-3-2-4-16(11-14)24-20(25)12-23-21(26)19-10-9-18(28-19)13-27-17-7-5-15(22)6-8-17/h2-11H,12-13H2,1H3,(H,23,26)(H,24,25). The fourth-order valence-electron chi connectivity index (χ4n) is 2.44. The number of anilines is 1. The summed E-state index contributed by atoms with van der Waals surface area (Å²) in [6.07, 6.45) is 0. The lowest BCUT2D eigenvalue weighted by Crippen LogP contribution is -2.32. The molecule has 0 bridgehead atoms. The van der Waals surface area contributed by atoms with Gasteiger partial charge in [0.2, 0.25) is 5.91 Å². The number of carbonyl (C=O) groups is 2. The number of carbonyl (C=O) groups excluding carboxylic acids is 2. The van der Waals surface area contributed by atoms with Crippen molar-refractivity contribution < 1.29 is 18.7 Å². The molecule has 1 aromatic heterocycles. The number of furan rings is 1. The van der Waals surface area contributed by atoms with Gasteiger partial charge in [-0.25, -0.2) is 0 Å². The van der Waals surface area contributed by atoms with Gasteiger partial charge < -0.3 is 19.8 Å². The molecule has 0 aliphatic rings. The Morgan fingerprint density at radius 2 is 1.86 bits per heavy atom. The molecule has 0 aliphatic heterocycles. The second-order valence-corrected chi connectivity index (χ2v) is 6.55. The Kier molecular flexibility index (Phi) is 6.34. The van der Waals surface area contributed by atoms with E-state index < -0.39 is 5.91 Å². The summed E-state index contributed by atoms with van der Waals surface area (Å²) >= 11 is 5.82. The number of halogens is 1. The molecular weight excluding hydrogens is 380 g/mol. The normalized spacial score (nSPS) is 10.4. The summed E-state index contributed by atoms with van der Waals surface area (Å²) in [5.74, 6) is 0.441. The number of rotatable bonds is 7. The second kappa shape index (κ2) is 9.10. The highest BCUT2D eigenvalue weighted by Gasteiger charge is 2.13. The minimum atomic E-state index is -0.475. The van der Waals surface area contributed by atoms with Crippen LogP contribution in [0.25, 0.3) is 0 Å². The molecule has 7 heteroatoms. The summed E-state index contributed by atoms with van der Waals surface area (Å²) in [6, 6.07) is 17.5. The van der Waals surface area contributed by atoms with E-state index in [2.05, 4.69) is 10.6 Å². The smallest absolute Gasteiger partial charge is 0.287 e. The van der Waals surface area contributed by atoms with Crippen LogP contribution in [0.2, 0.25) is 5.02 Å². The van der Waals surface area contributed by atoms with Crippen molar-refractivity contribution >= 4 is 29.1 Å². The lowest BCUT2D eigenvalue weighted by atomic mass is 10.2. The van der Waals surface area contributed by atoms with Gasteiger partial charge in [0, 0.05) is 10.7 Å². The highest BCUT2D eigenvalue weighted by molar-refractivity contribution is 6.30. The van der Waals surface area contributed by atoms with Crippen LogP contribution in [0.1, 0.15) is 21.9 Å². The van der Waals surface area contributed by atoms with Crippen LogP contribution in [0.15, 0.2) is 65.1 Å². The van der Waals surface area contributed by atoms with E-state index in [4.69, 9.17) is 20.8 Å². The molecule has 2 amide bonds. The molecule has 2 aromatic carbocycles. The maximum absolute atomic E-state index is 12.1. The van der Waals surface area contributed by atoms with Gasteiger partial charge in [-0.05, 0) is 61.0 Å². The molecule has 2 N–H and O–H groups in total. The van der Waals surface area contributed by atoms with E-state index in [1.54, 1.807) is 36.4 Å². The van der Waals surface area contributed by atoms with E-state index in [-0.39, 0.29) is 24.8 Å². The maximum Gasteiger partial charge on any atom is 0.287 e. The number of aryl methyl sites for hydroxylation is 1. The molecule has 3 rings (SSSR count). The van der Waals surface area contributed by atoms with Crippen LogP contribution in [-0.2, 0) is 11.4 Å². The molecule has 0 fully saturated rings. The Bertz CT molecular complexity index is 967. The SMILES string of the molecule is Cc1cccc(NC(=O)CNC(=O)c2ccc(COc3ccc(Cl)cc3)o2)c1. The first-order chi connectivity index (χ1) is 13.5. The molecule has 144 valence electrons. The number of ether oxygens (including phenoxy) is 1. The summed E-state index contributed by atoms with van der Waals surface area (Å²) in [5.41, 5.74) is 1.71. The molecule has 0 unspecified atom stereocenters. The van der Waals surface area contributed by atoms with Crippen LogP contribution in [0, 0.1) is 6.92 Å². The zero-order valence-corrected chi connectivity index (χ0v) is 16.0. The fraction of sp³-hybridized carbons (Fsp3) is 0.143. The van der Waals surface area contributed by atoms with Gasteiger partial charge in [-0.2, -0.15) is 0 Å². The van der Waals surface area contributed by atoms with Crippen molar-refractivity contribution in [3.05, 3.63) is 82.8 Å². The van der Waals surface area contributed by atoms with E-state index in [0.717, 1.165) is 5.56 Å². The van der Waals surface area contributed by atoms with Crippen LogP contribution < -0.4 is 15.4 Å². The van der Waals surface area contributed by atoms with Crippen molar-refractivity contribution in [2.75, 3.05) is 11.9 Å². The molecule has 6 nitrogen and oxygen atoms in total. The molecule has 0 saturated carbocycles. The van der Waals surface area contributed by atoms with Gasteiger partial charge in [0.15, 0.2) is 5.76 Å². The van der Waals surface area contributed by atoms with Crippen molar-refractivity contribution in [1.82, 2.24) is 5.32 Å². The van der Waals surface area contributed by atoms with Gasteiger partial charge in [0.05, 0.1) is 6.54 Å². The number of hydrogen-bond acceptors (Lipinski definition) is 4. The minimum Gasteiger partial charge on any atom is -0.486 e. The molecule has 0 aliphatic carbocycles. The Hall–Kier alpha value is -3.25. The van der Waals surface area contributed by atoms with Crippen molar-refractivity contribution in [3.8, 4) is 5.75 Å². The predicted octanol–water partition coefficient (Wildman–Crippen LogP) is 4.19. The van der Waals surface area contributed by atoms with Gasteiger partial charge in [0.25, 0.3) is 5.91 Å². The second-order valence-electron chi connectivity index (χ2n) is 6.11. The third-order valence-electron chi connectivity index (χ3n) is 3.79. The Morgan fingerprint density at radius 3 is 2.61 bits per heavy atom. The lowest BCUT2D eigenvalue weighted by Gasteiger charge is -2.07. The van der Waals surface area contributed by atoms with Gasteiger partial charge in [0.1, 0.15) is 18.1 Å². The predicted molar refractivity (Wildman–Crippen MR) is 107 cm³/mol. The van der Waals surface area contributed by atoms with Gasteiger partial charge in [-0.15, -0.1) is 0 Å². The first-order valence-electron chi connectivity index (χ1n) is 8.61. The van der Waals surface area contributed by atoms with Crippen LogP contribution in [0.5, 0.6) is 5.75 Å². The largest absolute Gasteiger partial charge is 0.486 e. The Balaban J connectivity index is 1.47. The molecule has 0 saturated heterocycles. The highest BCUT2D eigenvalue weighted by atomic mass is 35.5. The average molecular weight is 399 g/mol. The third kappa shape index (κ3) is 5.62. The van der Waals surface area contributed by atoms with Gasteiger partial charge in [-0.1, -0.05) is 23.7 Å². The van der Waals surface area contributed by atoms with E-state index in [1.807, 2.05) is 25.1 Å². The maximum atomic E-state index is 12.1.